The maximum absolute atomic E-state index is 12.1. The quantitative estimate of drug-likeness (QED) is 0.314. The van der Waals surface area contributed by atoms with Crippen molar-refractivity contribution < 1.29 is 22.6 Å². The molecule has 0 saturated carbocycles. The molecule has 0 spiro atoms. The Kier molecular flexibility index (Phi) is 10.7. The molecular weight excluding hydrogens is 500 g/mol. The van der Waals surface area contributed by atoms with Gasteiger partial charge >= 0.3 is 6.18 Å². The number of nitrogens with zero attached hydrogens (tertiary/aromatic N) is 2. The molecule has 2 N–H and O–H groups in total. The highest BCUT2D eigenvalue weighted by Crippen LogP contribution is 2.16. The molecule has 0 bridgehead atoms. The molecule has 0 aliphatic carbocycles. The van der Waals surface area contributed by atoms with E-state index in [0.717, 1.165) is 11.1 Å². The van der Waals surface area contributed by atoms with Crippen molar-refractivity contribution in [1.29, 1.82) is 0 Å². The van der Waals surface area contributed by atoms with Crippen molar-refractivity contribution in [3.05, 3.63) is 59.3 Å². The van der Waals surface area contributed by atoms with Gasteiger partial charge in [-0.3, -0.25) is 4.99 Å². The summed E-state index contributed by atoms with van der Waals surface area (Å²) in [6, 6.07) is 10.9. The van der Waals surface area contributed by atoms with E-state index in [-0.39, 0.29) is 30.6 Å². The van der Waals surface area contributed by atoms with Gasteiger partial charge in [0.05, 0.1) is 13.7 Å². The van der Waals surface area contributed by atoms with Gasteiger partial charge in [0.15, 0.2) is 5.96 Å². The Labute approximate surface area is 184 Å². The minimum Gasteiger partial charge on any atom is -0.481 e. The van der Waals surface area contributed by atoms with Crippen molar-refractivity contribution in [2.24, 2.45) is 4.99 Å². The number of aliphatic imine (C=N–C) groups is 1. The van der Waals surface area contributed by atoms with Gasteiger partial charge in [0, 0.05) is 31.9 Å². The Morgan fingerprint density at radius 2 is 1.72 bits per heavy atom. The maximum Gasteiger partial charge on any atom is 0.411 e. The monoisotopic (exact) mass is 524 g/mol. The van der Waals surface area contributed by atoms with Crippen LogP contribution in [0.25, 0.3) is 0 Å². The molecule has 0 saturated heterocycles. The SMILES string of the molecule is CN=C(NCc1ccc(COCC(F)(F)F)cc1)NCc1cccnc1OC.I. The molecule has 0 aliphatic heterocycles. The molecule has 1 heterocycles. The van der Waals surface area contributed by atoms with E-state index in [1.54, 1.807) is 32.5 Å². The third kappa shape index (κ3) is 9.31. The van der Waals surface area contributed by atoms with Crippen LogP contribution in [0.2, 0.25) is 0 Å². The van der Waals surface area contributed by atoms with Gasteiger partial charge in [-0.1, -0.05) is 30.3 Å². The zero-order valence-electron chi connectivity index (χ0n) is 16.1. The molecule has 0 fully saturated rings. The molecule has 0 radical (unpaired) electrons. The van der Waals surface area contributed by atoms with Gasteiger partial charge < -0.3 is 20.1 Å². The topological polar surface area (TPSA) is 67.8 Å². The van der Waals surface area contributed by atoms with Crippen LogP contribution in [0.4, 0.5) is 13.2 Å². The van der Waals surface area contributed by atoms with Gasteiger partial charge in [0.2, 0.25) is 5.88 Å². The van der Waals surface area contributed by atoms with Crippen molar-refractivity contribution in [3.8, 4) is 5.88 Å². The van der Waals surface area contributed by atoms with Crippen molar-refractivity contribution in [1.82, 2.24) is 15.6 Å². The third-order valence-electron chi connectivity index (χ3n) is 3.73. The molecule has 0 aliphatic rings. The van der Waals surface area contributed by atoms with Gasteiger partial charge in [-0.15, -0.1) is 24.0 Å². The molecule has 0 atom stereocenters. The summed E-state index contributed by atoms with van der Waals surface area (Å²) in [5, 5.41) is 6.35. The van der Waals surface area contributed by atoms with E-state index < -0.39 is 12.8 Å². The lowest BCUT2D eigenvalue weighted by Crippen LogP contribution is -2.36. The van der Waals surface area contributed by atoms with Crippen LogP contribution in [0.5, 0.6) is 5.88 Å². The van der Waals surface area contributed by atoms with Crippen molar-refractivity contribution >= 4 is 29.9 Å². The number of rotatable bonds is 8. The zero-order valence-corrected chi connectivity index (χ0v) is 18.5. The minimum atomic E-state index is -4.31. The number of guanidine groups is 1. The Bertz CT molecular complexity index is 771. The average molecular weight is 524 g/mol. The molecule has 0 unspecified atom stereocenters. The number of methoxy groups -OCH3 is 1. The van der Waals surface area contributed by atoms with Gasteiger partial charge in [0.25, 0.3) is 0 Å². The minimum absolute atomic E-state index is 0. The largest absolute Gasteiger partial charge is 0.481 e. The Balaban J connectivity index is 0.00000420. The van der Waals surface area contributed by atoms with E-state index in [1.807, 2.05) is 24.3 Å². The highest BCUT2D eigenvalue weighted by Gasteiger charge is 2.27. The second kappa shape index (κ2) is 12.5. The van der Waals surface area contributed by atoms with E-state index >= 15 is 0 Å². The van der Waals surface area contributed by atoms with Crippen LogP contribution in [-0.2, 0) is 24.4 Å². The summed E-state index contributed by atoms with van der Waals surface area (Å²) in [6.45, 7) is -0.330. The van der Waals surface area contributed by atoms with Gasteiger partial charge in [-0.2, -0.15) is 13.2 Å². The van der Waals surface area contributed by atoms with Gasteiger partial charge in [-0.25, -0.2) is 4.98 Å². The van der Waals surface area contributed by atoms with E-state index in [1.165, 1.54) is 0 Å². The lowest BCUT2D eigenvalue weighted by molar-refractivity contribution is -0.176. The number of pyridine rings is 1. The molecule has 1 aromatic heterocycles. The summed E-state index contributed by atoms with van der Waals surface area (Å²) in [5.74, 6) is 1.15. The second-order valence-corrected chi connectivity index (χ2v) is 5.88. The number of alkyl halides is 3. The van der Waals surface area contributed by atoms with Crippen LogP contribution in [0.1, 0.15) is 16.7 Å². The first-order valence-corrected chi connectivity index (χ1v) is 8.56. The number of hydrogen-bond donors (Lipinski definition) is 2. The highest BCUT2D eigenvalue weighted by molar-refractivity contribution is 14.0. The van der Waals surface area contributed by atoms with Gasteiger partial charge in [0.1, 0.15) is 6.61 Å². The Hall–Kier alpha value is -2.08. The summed E-state index contributed by atoms with van der Waals surface area (Å²) in [6.07, 6.45) is -2.65. The fraction of sp³-hybridized carbons (Fsp3) is 0.368. The predicted octanol–water partition coefficient (Wildman–Crippen LogP) is 3.65. The maximum atomic E-state index is 12.1. The number of benzene rings is 1. The number of ether oxygens (including phenoxy) is 2. The molecular formula is C19H24F3IN4O2. The van der Waals surface area contributed by atoms with Crippen molar-refractivity contribution in [2.75, 3.05) is 20.8 Å². The van der Waals surface area contributed by atoms with Crippen LogP contribution >= 0.6 is 24.0 Å². The molecule has 29 heavy (non-hydrogen) atoms. The third-order valence-corrected chi connectivity index (χ3v) is 3.73. The Morgan fingerprint density at radius 3 is 2.34 bits per heavy atom. The molecule has 0 amide bonds. The molecule has 160 valence electrons. The van der Waals surface area contributed by atoms with Crippen LogP contribution in [0.3, 0.4) is 0 Å². The second-order valence-electron chi connectivity index (χ2n) is 5.88. The standard InChI is InChI=1S/C19H23F3N4O2.HI/c1-23-18(26-11-16-4-3-9-24-17(16)27-2)25-10-14-5-7-15(8-6-14)12-28-13-19(20,21)22;/h3-9H,10-13H2,1-2H3,(H2,23,25,26);1H. The molecule has 2 aromatic rings. The normalized spacial score (nSPS) is 11.6. The number of halogens is 4. The number of nitrogens with one attached hydrogen (secondary N) is 2. The van der Waals surface area contributed by atoms with E-state index in [2.05, 4.69) is 25.3 Å². The van der Waals surface area contributed by atoms with Gasteiger partial charge in [-0.05, 0) is 17.2 Å². The first-order chi connectivity index (χ1) is 13.4. The average Bonchev–Trinajstić information content (AvgIpc) is 2.68. The predicted molar refractivity (Wildman–Crippen MR) is 115 cm³/mol. The van der Waals surface area contributed by atoms with E-state index in [4.69, 9.17) is 4.74 Å². The lowest BCUT2D eigenvalue weighted by Gasteiger charge is -2.13. The fourth-order valence-corrected chi connectivity index (χ4v) is 2.37. The smallest absolute Gasteiger partial charge is 0.411 e. The van der Waals surface area contributed by atoms with Crippen LogP contribution in [-0.4, -0.2) is 37.9 Å². The van der Waals surface area contributed by atoms with Crippen LogP contribution in [0.15, 0.2) is 47.6 Å². The number of aromatic nitrogens is 1. The fourth-order valence-electron chi connectivity index (χ4n) is 2.37. The first kappa shape index (κ1) is 25.0. The molecule has 6 nitrogen and oxygen atoms in total. The van der Waals surface area contributed by atoms with E-state index in [0.29, 0.717) is 30.5 Å². The Morgan fingerprint density at radius 1 is 1.07 bits per heavy atom. The summed E-state index contributed by atoms with van der Waals surface area (Å²) in [7, 11) is 3.23. The van der Waals surface area contributed by atoms with Crippen molar-refractivity contribution in [2.45, 2.75) is 25.9 Å². The highest BCUT2D eigenvalue weighted by atomic mass is 127. The van der Waals surface area contributed by atoms with E-state index in [9.17, 15) is 13.2 Å². The van der Waals surface area contributed by atoms with Crippen LogP contribution in [0, 0.1) is 0 Å². The molecule has 1 aromatic carbocycles. The van der Waals surface area contributed by atoms with Crippen LogP contribution < -0.4 is 15.4 Å². The molecule has 2 rings (SSSR count). The summed E-state index contributed by atoms with van der Waals surface area (Å²) < 4.78 is 46.1. The molecule has 10 heteroatoms. The summed E-state index contributed by atoms with van der Waals surface area (Å²) in [4.78, 5) is 8.30. The number of hydrogen-bond acceptors (Lipinski definition) is 4. The van der Waals surface area contributed by atoms with Crippen molar-refractivity contribution in [3.63, 3.8) is 0 Å². The summed E-state index contributed by atoms with van der Waals surface area (Å²) >= 11 is 0. The zero-order chi connectivity index (χ0) is 20.4. The first-order valence-electron chi connectivity index (χ1n) is 8.56. The summed E-state index contributed by atoms with van der Waals surface area (Å²) in [5.41, 5.74) is 2.54. The lowest BCUT2D eigenvalue weighted by atomic mass is 10.1.